The summed E-state index contributed by atoms with van der Waals surface area (Å²) in [5, 5.41) is 14.4. The van der Waals surface area contributed by atoms with Crippen LogP contribution < -0.4 is 14.8 Å². The van der Waals surface area contributed by atoms with Crippen molar-refractivity contribution in [3.8, 4) is 39.7 Å². The number of carbonyl (C=O) groups is 1. The van der Waals surface area contributed by atoms with Gasteiger partial charge in [-0.2, -0.15) is 0 Å². The lowest BCUT2D eigenvalue weighted by molar-refractivity contribution is -0.0732. The summed E-state index contributed by atoms with van der Waals surface area (Å²) < 4.78 is 71.2. The first kappa shape index (κ1) is 31.3. The third-order valence-corrected chi connectivity index (χ3v) is 9.61. The number of sulfonamides is 1. The van der Waals surface area contributed by atoms with E-state index in [1.165, 1.54) is 50.4 Å². The molecule has 0 fully saturated rings. The number of fused-ring (bicyclic) bond motifs is 6. The Morgan fingerprint density at radius 3 is 2.48 bits per heavy atom. The van der Waals surface area contributed by atoms with Crippen LogP contribution in [0.5, 0.6) is 5.75 Å². The Bertz CT molecular complexity index is 2380. The number of carbonyl (C=O) groups excluding carboxylic acids is 1. The maximum atomic E-state index is 15.0. The normalized spacial score (nSPS) is 14.4. The summed E-state index contributed by atoms with van der Waals surface area (Å²) in [7, 11) is -2.34. The molecule has 7 rings (SSSR count). The predicted octanol–water partition coefficient (Wildman–Crippen LogP) is 6.84. The molecule has 1 aliphatic rings. The van der Waals surface area contributed by atoms with Crippen LogP contribution in [0.25, 0.3) is 55.8 Å². The number of hydrogen-bond acceptors (Lipinski definition) is 7. The van der Waals surface area contributed by atoms with Crippen molar-refractivity contribution in [3.63, 3.8) is 0 Å². The van der Waals surface area contributed by atoms with Crippen molar-refractivity contribution in [2.45, 2.75) is 32.6 Å². The van der Waals surface area contributed by atoms with Gasteiger partial charge in [-0.1, -0.05) is 6.07 Å². The van der Waals surface area contributed by atoms with Crippen molar-refractivity contribution in [1.82, 2.24) is 14.9 Å². The maximum Gasteiger partial charge on any atom is 0.255 e. The van der Waals surface area contributed by atoms with E-state index in [4.69, 9.17) is 14.1 Å². The van der Waals surface area contributed by atoms with E-state index in [9.17, 15) is 22.7 Å². The minimum Gasteiger partial charge on any atom is -0.465 e. The van der Waals surface area contributed by atoms with Crippen LogP contribution in [0.3, 0.4) is 0 Å². The zero-order valence-electron chi connectivity index (χ0n) is 26.3. The molecule has 4 heterocycles. The van der Waals surface area contributed by atoms with Crippen LogP contribution in [0.1, 0.15) is 37.4 Å². The summed E-state index contributed by atoms with van der Waals surface area (Å²) in [4.78, 5) is 18.2. The monoisotopic (exact) mass is 672 g/mol. The van der Waals surface area contributed by atoms with Crippen molar-refractivity contribution in [1.29, 1.82) is 0 Å². The number of ether oxygens (including phenoxy) is 1. The molecule has 0 aliphatic carbocycles. The van der Waals surface area contributed by atoms with Gasteiger partial charge in [-0.15, -0.1) is 0 Å². The van der Waals surface area contributed by atoms with Crippen LogP contribution in [0.4, 0.5) is 14.5 Å². The van der Waals surface area contributed by atoms with Gasteiger partial charge in [0, 0.05) is 35.0 Å². The molecular formula is C35H30F2N4O6S. The Labute approximate surface area is 274 Å². The number of anilines is 1. The molecule has 3 aromatic carbocycles. The summed E-state index contributed by atoms with van der Waals surface area (Å²) in [6, 6.07) is 18.1. The molecule has 3 N–H and O–H groups in total. The molecule has 3 aromatic heterocycles. The van der Waals surface area contributed by atoms with Crippen LogP contribution >= 0.6 is 0 Å². The SMILES string of the molecule is CCS(=O)(=O)Nc1cc2oc(-c3ccc(F)cc3)c(C(=O)NC)c2cc1-c1ccc2c(n1)-c1cc3c(F)cccc3n1C(C(C)(C)O)O2. The molecule has 0 radical (unpaired) electrons. The molecule has 246 valence electrons. The standard InChI is InChI=1S/C35H30F2N4O6S/c1-5-48(44,45)40-25-17-29-22(30(33(42)38-4)32(46-29)18-9-11-19(36)12-10-18)15-21(25)24-13-14-28-31(39-24)27-16-20-23(37)7-6-8-26(20)41(27)34(47-28)35(2,3)43/h6-17,34,40,43H,5H2,1-4H3,(H,38,42). The van der Waals surface area contributed by atoms with Gasteiger partial charge in [0.05, 0.1) is 33.9 Å². The fraction of sp³-hybridized carbons (Fsp3) is 0.200. The minimum absolute atomic E-state index is 0.136. The highest BCUT2D eigenvalue weighted by atomic mass is 32.2. The molecule has 1 unspecified atom stereocenters. The number of furan rings is 1. The quantitative estimate of drug-likeness (QED) is 0.169. The van der Waals surface area contributed by atoms with Gasteiger partial charge in [0.15, 0.2) is 0 Å². The van der Waals surface area contributed by atoms with Crippen LogP contribution in [0, 0.1) is 11.6 Å². The molecule has 13 heteroatoms. The van der Waals surface area contributed by atoms with Crippen molar-refractivity contribution in [3.05, 3.63) is 90.0 Å². The topological polar surface area (TPSA) is 136 Å². The highest BCUT2D eigenvalue weighted by Crippen LogP contribution is 2.46. The number of pyridine rings is 1. The Balaban J connectivity index is 1.49. The number of aliphatic hydroxyl groups is 1. The third-order valence-electron chi connectivity index (χ3n) is 8.32. The Kier molecular flexibility index (Phi) is 7.29. The number of aromatic nitrogens is 2. The van der Waals surface area contributed by atoms with Gasteiger partial charge in [0.1, 0.15) is 40.0 Å². The van der Waals surface area contributed by atoms with E-state index in [0.29, 0.717) is 50.2 Å². The second-order valence-electron chi connectivity index (χ2n) is 12.0. The number of nitrogens with zero attached hydrogens (tertiary/aromatic N) is 2. The first-order valence-electron chi connectivity index (χ1n) is 15.1. The first-order valence-corrected chi connectivity index (χ1v) is 16.7. The average molecular weight is 673 g/mol. The maximum absolute atomic E-state index is 15.0. The van der Waals surface area contributed by atoms with E-state index in [-0.39, 0.29) is 28.3 Å². The van der Waals surface area contributed by atoms with E-state index < -0.39 is 39.4 Å². The molecule has 48 heavy (non-hydrogen) atoms. The van der Waals surface area contributed by atoms with Gasteiger partial charge in [0.25, 0.3) is 5.91 Å². The van der Waals surface area contributed by atoms with Gasteiger partial charge in [-0.3, -0.25) is 9.52 Å². The minimum atomic E-state index is -3.80. The molecule has 6 aromatic rings. The Hall–Kier alpha value is -5.27. The third kappa shape index (κ3) is 5.15. The molecular weight excluding hydrogens is 642 g/mol. The number of halogens is 2. The number of amides is 1. The van der Waals surface area contributed by atoms with Crippen molar-refractivity contribution < 1.29 is 36.3 Å². The van der Waals surface area contributed by atoms with Gasteiger partial charge in [-0.25, -0.2) is 22.2 Å². The van der Waals surface area contributed by atoms with Crippen LogP contribution in [0.15, 0.2) is 77.2 Å². The Morgan fingerprint density at radius 1 is 1.04 bits per heavy atom. The zero-order chi connectivity index (χ0) is 34.1. The van der Waals surface area contributed by atoms with Gasteiger partial charge in [0.2, 0.25) is 16.3 Å². The molecule has 1 aliphatic heterocycles. The molecule has 10 nitrogen and oxygen atoms in total. The first-order chi connectivity index (χ1) is 22.8. The number of nitrogens with one attached hydrogen (secondary N) is 2. The predicted molar refractivity (Wildman–Crippen MR) is 178 cm³/mol. The summed E-state index contributed by atoms with van der Waals surface area (Å²) in [6.45, 7) is 4.68. The summed E-state index contributed by atoms with van der Waals surface area (Å²) in [6.07, 6.45) is -0.916. The molecule has 0 saturated heterocycles. The highest BCUT2D eigenvalue weighted by Gasteiger charge is 2.38. The second kappa shape index (κ2) is 11.2. The summed E-state index contributed by atoms with van der Waals surface area (Å²) in [5.41, 5.74) is 1.50. The summed E-state index contributed by atoms with van der Waals surface area (Å²) in [5.74, 6) is -1.12. The zero-order valence-corrected chi connectivity index (χ0v) is 27.1. The van der Waals surface area contributed by atoms with E-state index in [2.05, 4.69) is 10.0 Å². The van der Waals surface area contributed by atoms with E-state index in [1.807, 2.05) is 0 Å². The van der Waals surface area contributed by atoms with Gasteiger partial charge in [-0.05, 0) is 81.4 Å². The van der Waals surface area contributed by atoms with Gasteiger partial charge >= 0.3 is 0 Å². The van der Waals surface area contributed by atoms with E-state index in [0.717, 1.165) is 0 Å². The molecule has 0 saturated carbocycles. The van der Waals surface area contributed by atoms with Crippen LogP contribution in [0.2, 0.25) is 0 Å². The number of hydrogen-bond donors (Lipinski definition) is 3. The lowest BCUT2D eigenvalue weighted by atomic mass is 10.0. The van der Waals surface area contributed by atoms with E-state index in [1.54, 1.807) is 54.8 Å². The van der Waals surface area contributed by atoms with Crippen LogP contribution in [-0.4, -0.2) is 47.4 Å². The molecule has 1 atom stereocenters. The number of benzene rings is 3. The molecule has 0 spiro atoms. The average Bonchev–Trinajstić information content (AvgIpc) is 3.63. The lowest BCUT2D eigenvalue weighted by Gasteiger charge is -2.36. The fourth-order valence-electron chi connectivity index (χ4n) is 5.99. The van der Waals surface area contributed by atoms with Crippen molar-refractivity contribution in [2.24, 2.45) is 0 Å². The van der Waals surface area contributed by atoms with Gasteiger partial charge < -0.3 is 24.1 Å². The molecule has 1 amide bonds. The fourth-order valence-corrected chi connectivity index (χ4v) is 6.64. The van der Waals surface area contributed by atoms with Crippen LogP contribution in [-0.2, 0) is 10.0 Å². The van der Waals surface area contributed by atoms with E-state index >= 15 is 4.39 Å². The smallest absolute Gasteiger partial charge is 0.255 e. The number of rotatable bonds is 7. The second-order valence-corrected chi connectivity index (χ2v) is 14.0. The Morgan fingerprint density at radius 2 is 1.79 bits per heavy atom. The van der Waals surface area contributed by atoms with Crippen molar-refractivity contribution in [2.75, 3.05) is 17.5 Å². The largest absolute Gasteiger partial charge is 0.465 e. The summed E-state index contributed by atoms with van der Waals surface area (Å²) >= 11 is 0. The highest BCUT2D eigenvalue weighted by molar-refractivity contribution is 7.92. The molecule has 0 bridgehead atoms. The van der Waals surface area contributed by atoms with Crippen molar-refractivity contribution >= 4 is 43.5 Å². The lowest BCUT2D eigenvalue weighted by Crippen LogP contribution is -2.39.